The molecule has 2 atom stereocenters. The van der Waals surface area contributed by atoms with Crippen molar-refractivity contribution < 1.29 is 46.4 Å². The summed E-state index contributed by atoms with van der Waals surface area (Å²) >= 11 is 0. The number of rotatable bonds is 44. The fourth-order valence-electron chi connectivity index (χ4n) is 8.28. The lowest BCUT2D eigenvalue weighted by Crippen LogP contribution is -2.29. The minimum atomic E-state index is -4.37. The zero-order valence-corrected chi connectivity index (χ0v) is 43.1. The first kappa shape index (κ1) is 58.7. The molecular weight excluding hydrogens is 842 g/mol. The number of phosphoric ester groups is 1. The maximum Gasteiger partial charge on any atom is 0.472 e. The number of esters is 2. The summed E-state index contributed by atoms with van der Waals surface area (Å²) in [6.07, 6.45) is 33.4. The number of ether oxygens (including phenoxy) is 2. The normalized spacial score (nSPS) is 13.0. The molecule has 11 nitrogen and oxygen atoms in total. The van der Waals surface area contributed by atoms with Crippen molar-refractivity contribution in [2.75, 3.05) is 33.4 Å². The average Bonchev–Trinajstić information content (AvgIpc) is 3.77. The third kappa shape index (κ3) is 29.2. The highest BCUT2D eigenvalue weighted by atomic mass is 31.2. The zero-order chi connectivity index (χ0) is 47.4. The van der Waals surface area contributed by atoms with Crippen LogP contribution in [0.3, 0.4) is 0 Å². The summed E-state index contributed by atoms with van der Waals surface area (Å²) in [6.45, 7) is 10.7. The second kappa shape index (κ2) is 37.5. The molecule has 0 aliphatic heterocycles. The molecule has 0 aliphatic carbocycles. The molecule has 376 valence electrons. The number of hydrogen-bond acceptors (Lipinski definition) is 10. The van der Waals surface area contributed by atoms with Gasteiger partial charge in [-0.25, -0.2) is 4.57 Å². The second-order valence-electron chi connectivity index (χ2n) is 18.5. The lowest BCUT2D eigenvalue weighted by Gasteiger charge is -2.20. The zero-order valence-electron chi connectivity index (χ0n) is 42.2. The van der Waals surface area contributed by atoms with Crippen molar-refractivity contribution in [2.24, 2.45) is 0 Å². The fourth-order valence-corrected chi connectivity index (χ4v) is 9.03. The average molecular weight is 936 g/mol. The summed E-state index contributed by atoms with van der Waals surface area (Å²) in [5, 5.41) is 2.83. The van der Waals surface area contributed by atoms with Gasteiger partial charge in [-0.3, -0.25) is 18.6 Å². The van der Waals surface area contributed by atoms with Gasteiger partial charge in [0.1, 0.15) is 29.6 Å². The van der Waals surface area contributed by atoms with Gasteiger partial charge in [-0.1, -0.05) is 142 Å². The van der Waals surface area contributed by atoms with Gasteiger partial charge >= 0.3 is 19.8 Å². The van der Waals surface area contributed by atoms with E-state index in [-0.39, 0.29) is 32.0 Å². The molecule has 1 unspecified atom stereocenters. The number of nitrogens with one attached hydrogen (secondary N) is 1. The molecule has 0 saturated heterocycles. The molecule has 2 heterocycles. The highest BCUT2D eigenvalue weighted by Gasteiger charge is 2.26. The van der Waals surface area contributed by atoms with Gasteiger partial charge in [0.15, 0.2) is 6.10 Å². The first-order chi connectivity index (χ1) is 31.5. The van der Waals surface area contributed by atoms with Crippen LogP contribution in [0.25, 0.3) is 0 Å². The molecule has 2 rings (SSSR count). The number of phosphoric acid groups is 1. The van der Waals surface area contributed by atoms with Gasteiger partial charge in [0, 0.05) is 45.1 Å². The Kier molecular flexibility index (Phi) is 33.9. The summed E-state index contributed by atoms with van der Waals surface area (Å²) in [6, 6.07) is 2.23. The Labute approximate surface area is 395 Å². The SMILES string of the molecule is CCCCCc1cc(C)c(CCCCCCCCCCCCC(=O)O[C@H](COC(=O)CCCCCCCCCCCCc2oc(CCCCC)c(C)c2C)COP(=O)(O)OCCNC)o1. The van der Waals surface area contributed by atoms with E-state index in [1.54, 1.807) is 7.05 Å². The van der Waals surface area contributed by atoms with E-state index in [2.05, 4.69) is 46.0 Å². The Balaban J connectivity index is 1.54. The van der Waals surface area contributed by atoms with Crippen molar-refractivity contribution >= 4 is 19.8 Å². The van der Waals surface area contributed by atoms with E-state index in [0.717, 1.165) is 76.4 Å². The topological polar surface area (TPSA) is 147 Å². The van der Waals surface area contributed by atoms with Gasteiger partial charge < -0.3 is 28.5 Å². The number of carbonyl (C=O) groups is 2. The number of aryl methyl sites for hydroxylation is 5. The molecule has 0 fully saturated rings. The Morgan fingerprint density at radius 1 is 0.585 bits per heavy atom. The summed E-state index contributed by atoms with van der Waals surface area (Å²) in [5.41, 5.74) is 4.00. The lowest BCUT2D eigenvalue weighted by atomic mass is 10.0. The van der Waals surface area contributed by atoms with Crippen molar-refractivity contribution in [1.29, 1.82) is 0 Å². The number of carbonyl (C=O) groups excluding carboxylic acids is 2. The van der Waals surface area contributed by atoms with Gasteiger partial charge in [0.25, 0.3) is 0 Å². The van der Waals surface area contributed by atoms with E-state index in [9.17, 15) is 19.0 Å². The molecule has 0 radical (unpaired) electrons. The van der Waals surface area contributed by atoms with Crippen LogP contribution in [-0.2, 0) is 58.4 Å². The van der Waals surface area contributed by atoms with Gasteiger partial charge in [-0.2, -0.15) is 0 Å². The van der Waals surface area contributed by atoms with E-state index in [4.69, 9.17) is 27.4 Å². The Bertz CT molecular complexity index is 1550. The van der Waals surface area contributed by atoms with Gasteiger partial charge in [-0.05, 0) is 89.1 Å². The van der Waals surface area contributed by atoms with E-state index >= 15 is 0 Å². The molecule has 2 aromatic heterocycles. The first-order valence-corrected chi connectivity index (χ1v) is 27.8. The van der Waals surface area contributed by atoms with Crippen LogP contribution in [0.4, 0.5) is 0 Å². The summed E-state index contributed by atoms with van der Waals surface area (Å²) < 4.78 is 45.8. The highest BCUT2D eigenvalue weighted by Crippen LogP contribution is 2.43. The number of furan rings is 2. The standard InChI is InChI=1S/C53H94NO10P/c1-7-9-27-33-47-41-44(3)49(62-47)34-29-23-19-15-11-14-18-22-26-32-38-53(56)63-48(43-61-65(57,58)60-40-39-54-6)42-59-52(55)37-31-25-21-17-13-12-16-20-24-30-36-51-46(5)45(4)50(64-51)35-28-10-8-2/h41,48,54H,7-40,42-43H2,1-6H3,(H,57,58)/t48-/m1/s1. The van der Waals surface area contributed by atoms with Crippen LogP contribution in [-0.4, -0.2) is 56.3 Å². The van der Waals surface area contributed by atoms with Crippen LogP contribution in [0.15, 0.2) is 14.9 Å². The number of likely N-dealkylation sites (N-methyl/N-ethyl adjacent to an activating group) is 1. The molecule has 2 aromatic rings. The van der Waals surface area contributed by atoms with Crippen LogP contribution >= 0.6 is 7.82 Å². The maximum absolute atomic E-state index is 12.8. The minimum Gasteiger partial charge on any atom is -0.466 e. The van der Waals surface area contributed by atoms with E-state index in [1.165, 1.54) is 150 Å². The van der Waals surface area contributed by atoms with Gasteiger partial charge in [-0.15, -0.1) is 0 Å². The van der Waals surface area contributed by atoms with Crippen molar-refractivity contribution in [2.45, 2.75) is 246 Å². The molecule has 2 N–H and O–H groups in total. The van der Waals surface area contributed by atoms with Crippen LogP contribution in [0, 0.1) is 20.8 Å². The van der Waals surface area contributed by atoms with E-state index in [1.807, 2.05) is 0 Å². The Hall–Kier alpha value is -2.43. The molecule has 12 heteroatoms. The Morgan fingerprint density at radius 2 is 1.03 bits per heavy atom. The lowest BCUT2D eigenvalue weighted by molar-refractivity contribution is -0.161. The quantitative estimate of drug-likeness (QED) is 0.0372. The molecule has 0 amide bonds. The maximum atomic E-state index is 12.8. The van der Waals surface area contributed by atoms with Crippen LogP contribution in [0.5, 0.6) is 0 Å². The molecule has 65 heavy (non-hydrogen) atoms. The van der Waals surface area contributed by atoms with Crippen LogP contribution in [0.1, 0.15) is 233 Å². The van der Waals surface area contributed by atoms with E-state index < -0.39 is 26.5 Å². The number of hydrogen-bond donors (Lipinski definition) is 2. The van der Waals surface area contributed by atoms with Crippen molar-refractivity contribution in [1.82, 2.24) is 5.32 Å². The molecule has 0 saturated carbocycles. The molecule has 0 aromatic carbocycles. The molecule has 0 spiro atoms. The van der Waals surface area contributed by atoms with Gasteiger partial charge in [0.05, 0.1) is 13.2 Å². The van der Waals surface area contributed by atoms with Crippen LogP contribution in [0.2, 0.25) is 0 Å². The van der Waals surface area contributed by atoms with Crippen molar-refractivity contribution in [3.05, 3.63) is 45.8 Å². The minimum absolute atomic E-state index is 0.0252. The second-order valence-corrected chi connectivity index (χ2v) is 20.0. The number of unbranched alkanes of at least 4 members (excludes halogenated alkanes) is 22. The summed E-state index contributed by atoms with van der Waals surface area (Å²) in [4.78, 5) is 35.4. The largest absolute Gasteiger partial charge is 0.472 e. The molecular formula is C53H94NO10P. The third-order valence-corrected chi connectivity index (χ3v) is 13.6. The third-order valence-electron chi connectivity index (χ3n) is 12.6. The van der Waals surface area contributed by atoms with Crippen molar-refractivity contribution in [3.63, 3.8) is 0 Å². The summed E-state index contributed by atoms with van der Waals surface area (Å²) in [7, 11) is -2.67. The fraction of sp³-hybridized carbons (Fsp3) is 0.811. The van der Waals surface area contributed by atoms with Gasteiger partial charge in [0.2, 0.25) is 0 Å². The predicted molar refractivity (Wildman–Crippen MR) is 264 cm³/mol. The van der Waals surface area contributed by atoms with Crippen molar-refractivity contribution in [3.8, 4) is 0 Å². The highest BCUT2D eigenvalue weighted by molar-refractivity contribution is 7.47. The molecule has 0 aliphatic rings. The van der Waals surface area contributed by atoms with E-state index in [0.29, 0.717) is 13.0 Å². The Morgan fingerprint density at radius 3 is 1.54 bits per heavy atom. The molecule has 0 bridgehead atoms. The monoisotopic (exact) mass is 936 g/mol. The first-order valence-electron chi connectivity index (χ1n) is 26.3. The summed E-state index contributed by atoms with van der Waals surface area (Å²) in [5.74, 6) is 3.87. The smallest absolute Gasteiger partial charge is 0.466 e. The van der Waals surface area contributed by atoms with Crippen LogP contribution < -0.4 is 5.32 Å². The predicted octanol–water partition coefficient (Wildman–Crippen LogP) is 14.4.